The predicted octanol–water partition coefficient (Wildman–Crippen LogP) is 4.22. The van der Waals surface area contributed by atoms with Gasteiger partial charge in [0.2, 0.25) is 17.8 Å². The number of pyridine rings is 2. The molecule has 5 aromatic rings. The Labute approximate surface area is 356 Å². The van der Waals surface area contributed by atoms with Gasteiger partial charge in [-0.1, -0.05) is 23.7 Å². The lowest BCUT2D eigenvalue weighted by Crippen LogP contribution is -2.57. The van der Waals surface area contributed by atoms with Crippen molar-refractivity contribution in [2.24, 2.45) is 7.05 Å². The molecule has 17 nitrogen and oxygen atoms in total. The molecule has 0 spiro atoms. The molecule has 3 amide bonds. The number of ether oxygens (including phenoxy) is 1. The molecule has 19 heteroatoms. The summed E-state index contributed by atoms with van der Waals surface area (Å²) in [4.78, 5) is 69.9. The lowest BCUT2D eigenvalue weighted by molar-refractivity contribution is -0.134. The lowest BCUT2D eigenvalue weighted by Gasteiger charge is -2.45. The summed E-state index contributed by atoms with van der Waals surface area (Å²) >= 11 is 6.57. The van der Waals surface area contributed by atoms with Crippen LogP contribution in [0.4, 0.5) is 27.5 Å². The normalized spacial score (nSPS) is 19.7. The highest BCUT2D eigenvalue weighted by atomic mass is 35.5. The quantitative estimate of drug-likeness (QED) is 0.161. The standard InChI is InChI=1S/C42H50ClFN12O5/c1-24(2)56-38-26(18-32(40(56)60)61-22-34(58)45-4)17-27(19-46-38)48-37-30(43)20-47-41(50-37)53-13-11-42(44,12-14-53)23-55-16-15-54(21-25(55)3)31-8-6-7-28-35(51-52(5)36(28)31)29-9-10-33(57)49-39(29)59/h6-8,17-20,24-25,29H,9-16,21-23H2,1-5H3,(H,45,58)(H,47,48,50)(H,49,57,59)/t25-,29?/m0/s1. The number of hydrogen-bond donors (Lipinski definition) is 3. The van der Waals surface area contributed by atoms with Gasteiger partial charge in [0.15, 0.2) is 18.2 Å². The van der Waals surface area contributed by atoms with Crippen molar-refractivity contribution in [3.8, 4) is 5.75 Å². The summed E-state index contributed by atoms with van der Waals surface area (Å²) in [5.41, 5.74) is 1.86. The monoisotopic (exact) mass is 856 g/mol. The smallest absolute Gasteiger partial charge is 0.294 e. The first kappa shape index (κ1) is 41.8. The molecule has 8 rings (SSSR count). The van der Waals surface area contributed by atoms with Crippen molar-refractivity contribution in [2.75, 3.05) is 68.0 Å². The number of benzene rings is 1. The van der Waals surface area contributed by atoms with Crippen molar-refractivity contribution in [2.45, 2.75) is 70.1 Å². The number of nitrogens with zero attached hydrogens (tertiary/aromatic N) is 9. The summed E-state index contributed by atoms with van der Waals surface area (Å²) in [6.07, 6.45) is 4.44. The van der Waals surface area contributed by atoms with Gasteiger partial charge < -0.3 is 25.2 Å². The fraction of sp³-hybridized carbons (Fsp3) is 0.476. The molecule has 3 N–H and O–H groups in total. The molecule has 0 saturated carbocycles. The minimum Gasteiger partial charge on any atom is -0.478 e. The average molecular weight is 857 g/mol. The van der Waals surface area contributed by atoms with Crippen LogP contribution in [0.5, 0.6) is 5.75 Å². The molecule has 0 bridgehead atoms. The number of nitrogens with one attached hydrogen (secondary N) is 3. The fourth-order valence-electron chi connectivity index (χ4n) is 8.69. The number of piperidine rings is 2. The molecule has 4 aromatic heterocycles. The van der Waals surface area contributed by atoms with Crippen LogP contribution in [0.1, 0.15) is 64.1 Å². The van der Waals surface area contributed by atoms with E-state index in [2.05, 4.69) is 48.7 Å². The number of alkyl halides is 1. The zero-order valence-corrected chi connectivity index (χ0v) is 35.6. The van der Waals surface area contributed by atoms with Crippen molar-refractivity contribution in [1.82, 2.24) is 44.8 Å². The number of imide groups is 1. The Morgan fingerprint density at radius 1 is 1.08 bits per heavy atom. The van der Waals surface area contributed by atoms with Gasteiger partial charge in [0.1, 0.15) is 16.3 Å². The van der Waals surface area contributed by atoms with E-state index in [9.17, 15) is 19.2 Å². The second-order valence-corrected chi connectivity index (χ2v) is 16.9. The summed E-state index contributed by atoms with van der Waals surface area (Å²) in [6, 6.07) is 9.25. The Hall–Kier alpha value is -5.88. The van der Waals surface area contributed by atoms with Crippen LogP contribution in [0.3, 0.4) is 0 Å². The summed E-state index contributed by atoms with van der Waals surface area (Å²) in [5, 5.41) is 14.7. The number of fused-ring (bicyclic) bond motifs is 2. The van der Waals surface area contributed by atoms with Crippen LogP contribution in [0.15, 0.2) is 47.5 Å². The third-order valence-corrected chi connectivity index (χ3v) is 12.2. The van der Waals surface area contributed by atoms with Gasteiger partial charge in [-0.25, -0.2) is 14.4 Å². The van der Waals surface area contributed by atoms with Crippen molar-refractivity contribution in [3.05, 3.63) is 63.8 Å². The number of rotatable bonds is 11. The summed E-state index contributed by atoms with van der Waals surface area (Å²) < 4.78 is 25.6. The van der Waals surface area contributed by atoms with E-state index in [4.69, 9.17) is 26.4 Å². The van der Waals surface area contributed by atoms with Gasteiger partial charge in [-0.15, -0.1) is 0 Å². The first-order valence-corrected chi connectivity index (χ1v) is 21.0. The Balaban J connectivity index is 0.910. The number of aryl methyl sites for hydroxylation is 1. The predicted molar refractivity (Wildman–Crippen MR) is 231 cm³/mol. The molecule has 7 heterocycles. The highest BCUT2D eigenvalue weighted by molar-refractivity contribution is 6.33. The zero-order chi connectivity index (χ0) is 43.2. The molecule has 1 unspecified atom stereocenters. The number of carbonyl (C=O) groups excluding carboxylic acids is 3. The van der Waals surface area contributed by atoms with Gasteiger partial charge in [-0.2, -0.15) is 10.1 Å². The van der Waals surface area contributed by atoms with Gasteiger partial charge in [-0.05, 0) is 45.4 Å². The molecule has 3 fully saturated rings. The Morgan fingerprint density at radius 2 is 1.87 bits per heavy atom. The number of carbonyl (C=O) groups is 3. The van der Waals surface area contributed by atoms with Crippen LogP contribution < -0.4 is 36.0 Å². The third kappa shape index (κ3) is 8.42. The molecule has 3 aliphatic rings. The number of anilines is 4. The van der Waals surface area contributed by atoms with Crippen LogP contribution >= 0.6 is 11.6 Å². The SMILES string of the molecule is CNC(=O)COc1cc2cc(Nc3nc(N4CCC(F)(CN5CCN(c6cccc7c(C8CCC(=O)NC8=O)nn(C)c67)C[C@@H]5C)CC4)ncc3Cl)cnc2n(C(C)C)c1=O. The zero-order valence-electron chi connectivity index (χ0n) is 34.9. The van der Waals surface area contributed by atoms with E-state index in [1.807, 2.05) is 42.6 Å². The number of piperazine rings is 1. The number of halogens is 2. The van der Waals surface area contributed by atoms with Crippen LogP contribution in [0.2, 0.25) is 5.02 Å². The molecule has 3 saturated heterocycles. The minimum atomic E-state index is -1.39. The highest BCUT2D eigenvalue weighted by Crippen LogP contribution is 2.37. The van der Waals surface area contributed by atoms with Crippen molar-refractivity contribution >= 4 is 74.4 Å². The molecule has 0 radical (unpaired) electrons. The number of amides is 3. The van der Waals surface area contributed by atoms with Gasteiger partial charge in [-0.3, -0.25) is 38.6 Å². The maximum atomic E-state index is 16.7. The number of para-hydroxylation sites is 1. The van der Waals surface area contributed by atoms with Crippen LogP contribution in [0.25, 0.3) is 21.9 Å². The lowest BCUT2D eigenvalue weighted by atomic mass is 9.91. The fourth-order valence-corrected chi connectivity index (χ4v) is 8.83. The topological polar surface area (TPSA) is 185 Å². The molecule has 1 aromatic carbocycles. The molecule has 322 valence electrons. The number of aromatic nitrogens is 6. The Bertz CT molecular complexity index is 2570. The van der Waals surface area contributed by atoms with Crippen molar-refractivity contribution in [3.63, 3.8) is 0 Å². The van der Waals surface area contributed by atoms with E-state index in [0.29, 0.717) is 92.7 Å². The van der Waals surface area contributed by atoms with E-state index in [-0.39, 0.29) is 53.6 Å². The Kier molecular flexibility index (Phi) is 11.6. The van der Waals surface area contributed by atoms with Crippen LogP contribution in [-0.2, 0) is 21.4 Å². The third-order valence-electron chi connectivity index (χ3n) is 12.0. The van der Waals surface area contributed by atoms with Crippen molar-refractivity contribution in [1.29, 1.82) is 0 Å². The number of hydrogen-bond acceptors (Lipinski definition) is 13. The second-order valence-electron chi connectivity index (χ2n) is 16.5. The maximum Gasteiger partial charge on any atom is 0.294 e. The Morgan fingerprint density at radius 3 is 2.59 bits per heavy atom. The van der Waals surface area contributed by atoms with Crippen LogP contribution in [-0.4, -0.2) is 117 Å². The van der Waals surface area contributed by atoms with Crippen LogP contribution in [0, 0.1) is 0 Å². The maximum absolute atomic E-state index is 16.7. The molecular weight excluding hydrogens is 807 g/mol. The summed E-state index contributed by atoms with van der Waals surface area (Å²) in [5.74, 6) is -0.610. The molecule has 61 heavy (non-hydrogen) atoms. The summed E-state index contributed by atoms with van der Waals surface area (Å²) in [7, 11) is 3.37. The molecule has 3 aliphatic heterocycles. The summed E-state index contributed by atoms with van der Waals surface area (Å²) in [6.45, 7) is 8.81. The van der Waals surface area contributed by atoms with Crippen molar-refractivity contribution < 1.29 is 23.5 Å². The molecule has 2 atom stereocenters. The van der Waals surface area contributed by atoms with Gasteiger partial charge in [0, 0.05) is 95.5 Å². The number of likely N-dealkylation sites (N-methyl/N-ethyl adjacent to an activating group) is 1. The first-order valence-electron chi connectivity index (χ1n) is 20.6. The highest BCUT2D eigenvalue weighted by Gasteiger charge is 2.40. The van der Waals surface area contributed by atoms with E-state index in [1.54, 1.807) is 18.3 Å². The van der Waals surface area contributed by atoms with Gasteiger partial charge in [0.25, 0.3) is 11.5 Å². The van der Waals surface area contributed by atoms with Gasteiger partial charge >= 0.3 is 0 Å². The molecule has 0 aliphatic carbocycles. The largest absolute Gasteiger partial charge is 0.478 e. The minimum absolute atomic E-state index is 0.0268. The van der Waals surface area contributed by atoms with E-state index in [1.165, 1.54) is 17.8 Å². The van der Waals surface area contributed by atoms with E-state index in [0.717, 1.165) is 16.6 Å². The first-order chi connectivity index (χ1) is 29.2. The average Bonchev–Trinajstić information content (AvgIpc) is 3.57. The molecular formula is C42H50ClFN12O5. The second kappa shape index (κ2) is 16.9. The van der Waals surface area contributed by atoms with E-state index < -0.39 is 17.1 Å². The van der Waals surface area contributed by atoms with Gasteiger partial charge in [0.05, 0.1) is 40.9 Å². The van der Waals surface area contributed by atoms with E-state index >= 15 is 4.39 Å².